The van der Waals surface area contributed by atoms with E-state index in [0.717, 1.165) is 30.6 Å². The van der Waals surface area contributed by atoms with Crippen LogP contribution in [0.25, 0.3) is 0 Å². The average Bonchev–Trinajstić information content (AvgIpc) is 2.86. The molecule has 0 aromatic heterocycles. The van der Waals surface area contributed by atoms with Crippen LogP contribution in [-0.2, 0) is 4.79 Å². The fraction of sp³-hybridized carbons (Fsp3) is 0.955. The molecule has 23 heavy (non-hydrogen) atoms. The Morgan fingerprint density at radius 1 is 0.913 bits per heavy atom. The van der Waals surface area contributed by atoms with E-state index in [9.17, 15) is 4.79 Å². The highest BCUT2D eigenvalue weighted by Crippen LogP contribution is 2.72. The van der Waals surface area contributed by atoms with Crippen molar-refractivity contribution in [3.05, 3.63) is 0 Å². The molecule has 0 saturated heterocycles. The Morgan fingerprint density at radius 3 is 2.39 bits per heavy atom. The summed E-state index contributed by atoms with van der Waals surface area (Å²) in [5.41, 5.74) is 1.53. The zero-order valence-electron chi connectivity index (χ0n) is 15.8. The minimum Gasteiger partial charge on any atom is -0.300 e. The normalized spacial score (nSPS) is 55.9. The molecule has 0 aromatic carbocycles. The second kappa shape index (κ2) is 5.09. The van der Waals surface area contributed by atoms with Gasteiger partial charge in [-0.05, 0) is 84.9 Å². The summed E-state index contributed by atoms with van der Waals surface area (Å²) >= 11 is 0. The minimum atomic E-state index is 0.426. The first-order valence-corrected chi connectivity index (χ1v) is 10.4. The lowest BCUT2D eigenvalue weighted by molar-refractivity contribution is -0.177. The van der Waals surface area contributed by atoms with Crippen LogP contribution in [0.15, 0.2) is 0 Å². The van der Waals surface area contributed by atoms with Gasteiger partial charge in [0.25, 0.3) is 0 Å². The molecule has 4 aliphatic carbocycles. The van der Waals surface area contributed by atoms with Gasteiger partial charge < -0.3 is 0 Å². The van der Waals surface area contributed by atoms with Gasteiger partial charge in [-0.2, -0.15) is 0 Å². The van der Waals surface area contributed by atoms with Crippen molar-refractivity contribution in [2.24, 2.45) is 39.9 Å². The van der Waals surface area contributed by atoms with E-state index in [2.05, 4.69) is 27.7 Å². The molecule has 0 aromatic rings. The Morgan fingerprint density at radius 2 is 1.65 bits per heavy atom. The predicted octanol–water partition coefficient (Wildman–Crippen LogP) is 6.01. The maximum Gasteiger partial charge on any atom is 0.133 e. The van der Waals surface area contributed by atoms with Crippen LogP contribution in [0.3, 0.4) is 0 Å². The van der Waals surface area contributed by atoms with Crippen LogP contribution in [0.2, 0.25) is 0 Å². The molecule has 0 radical (unpaired) electrons. The maximum atomic E-state index is 12.0. The Kier molecular flexibility index (Phi) is 3.57. The van der Waals surface area contributed by atoms with Gasteiger partial charge in [-0.1, -0.05) is 34.1 Å². The zero-order chi connectivity index (χ0) is 16.5. The number of rotatable bonds is 1. The van der Waals surface area contributed by atoms with Crippen molar-refractivity contribution in [3.8, 4) is 0 Å². The molecule has 4 aliphatic rings. The van der Waals surface area contributed by atoms with E-state index in [0.29, 0.717) is 27.9 Å². The van der Waals surface area contributed by atoms with Gasteiger partial charge in [0.2, 0.25) is 0 Å². The van der Waals surface area contributed by atoms with Crippen molar-refractivity contribution in [3.63, 3.8) is 0 Å². The molecule has 0 heterocycles. The summed E-state index contributed by atoms with van der Waals surface area (Å²) in [6.45, 7) is 10.3. The summed E-state index contributed by atoms with van der Waals surface area (Å²) < 4.78 is 0. The van der Waals surface area contributed by atoms with Crippen LogP contribution >= 0.6 is 0 Å². The lowest BCUT2D eigenvalue weighted by Gasteiger charge is -2.66. The maximum absolute atomic E-state index is 12.0. The van der Waals surface area contributed by atoms with Gasteiger partial charge in [-0.3, -0.25) is 4.79 Å². The SMILES string of the molecule is CC[C@H]1CC[C@H]2[C@@H]3CC[C@H]4CC(=O)CC[C@]4(C)[C@@]3(C)CC[C@]12C. The Labute approximate surface area is 143 Å². The molecule has 4 saturated carbocycles. The van der Waals surface area contributed by atoms with Gasteiger partial charge in [0, 0.05) is 12.8 Å². The van der Waals surface area contributed by atoms with Crippen LogP contribution in [0.1, 0.15) is 91.9 Å². The number of carbonyl (C=O) groups is 1. The van der Waals surface area contributed by atoms with Gasteiger partial charge in [0.05, 0.1) is 0 Å². The first kappa shape index (κ1) is 16.2. The van der Waals surface area contributed by atoms with Crippen molar-refractivity contribution >= 4 is 5.78 Å². The first-order valence-electron chi connectivity index (χ1n) is 10.4. The summed E-state index contributed by atoms with van der Waals surface area (Å²) in [5, 5.41) is 0. The molecule has 130 valence electrons. The number of ketones is 1. The molecule has 0 aliphatic heterocycles. The highest BCUT2D eigenvalue weighted by Gasteiger charge is 2.64. The fourth-order valence-electron chi connectivity index (χ4n) is 8.21. The molecule has 7 atom stereocenters. The van der Waals surface area contributed by atoms with Crippen LogP contribution in [0.4, 0.5) is 0 Å². The summed E-state index contributed by atoms with van der Waals surface area (Å²) in [5.74, 6) is 4.07. The number of hydrogen-bond donors (Lipinski definition) is 0. The molecular weight excluding hydrogens is 280 g/mol. The highest BCUT2D eigenvalue weighted by molar-refractivity contribution is 5.79. The predicted molar refractivity (Wildman–Crippen MR) is 95.1 cm³/mol. The first-order chi connectivity index (χ1) is 10.8. The molecule has 0 spiro atoms. The fourth-order valence-corrected chi connectivity index (χ4v) is 8.21. The van der Waals surface area contributed by atoms with Crippen molar-refractivity contribution in [2.75, 3.05) is 0 Å². The zero-order valence-corrected chi connectivity index (χ0v) is 15.8. The number of fused-ring (bicyclic) bond motifs is 5. The van der Waals surface area contributed by atoms with E-state index in [1.807, 2.05) is 0 Å². The largest absolute Gasteiger partial charge is 0.300 e. The minimum absolute atomic E-state index is 0.426. The lowest BCUT2D eigenvalue weighted by atomic mass is 9.38. The van der Waals surface area contributed by atoms with E-state index in [-0.39, 0.29) is 0 Å². The summed E-state index contributed by atoms with van der Waals surface area (Å²) in [7, 11) is 0. The Bertz CT molecular complexity index is 510. The standard InChI is InChI=1S/C22H36O/c1-5-15-6-8-18-19-9-7-16-14-17(23)10-11-21(16,3)22(19,4)13-12-20(15,18)2/h15-16,18-19H,5-14H2,1-4H3/t15-,16-,18-,19-,20+,21-,22-/m0/s1. The molecule has 4 fully saturated rings. The second-order valence-electron chi connectivity index (χ2n) is 10.3. The third kappa shape index (κ3) is 1.94. The molecule has 1 heteroatoms. The quantitative estimate of drug-likeness (QED) is 0.578. The molecule has 0 bridgehead atoms. The Hall–Kier alpha value is -0.330. The van der Waals surface area contributed by atoms with E-state index < -0.39 is 0 Å². The topological polar surface area (TPSA) is 17.1 Å². The van der Waals surface area contributed by atoms with Crippen LogP contribution in [-0.4, -0.2) is 5.78 Å². The summed E-state index contributed by atoms with van der Waals surface area (Å²) in [6.07, 6.45) is 12.8. The van der Waals surface area contributed by atoms with Crippen molar-refractivity contribution in [1.29, 1.82) is 0 Å². The van der Waals surface area contributed by atoms with Crippen LogP contribution in [0, 0.1) is 39.9 Å². The van der Waals surface area contributed by atoms with Crippen LogP contribution < -0.4 is 0 Å². The number of carbonyl (C=O) groups excluding carboxylic acids is 1. The smallest absolute Gasteiger partial charge is 0.133 e. The van der Waals surface area contributed by atoms with Crippen molar-refractivity contribution in [1.82, 2.24) is 0 Å². The molecule has 0 amide bonds. The molecule has 1 nitrogen and oxygen atoms in total. The van der Waals surface area contributed by atoms with E-state index in [1.54, 1.807) is 0 Å². The highest BCUT2D eigenvalue weighted by atomic mass is 16.1. The molecule has 0 N–H and O–H groups in total. The summed E-state index contributed by atoms with van der Waals surface area (Å²) in [4.78, 5) is 12.0. The number of hydrogen-bond acceptors (Lipinski definition) is 1. The molecule has 0 unspecified atom stereocenters. The van der Waals surface area contributed by atoms with Gasteiger partial charge in [0.1, 0.15) is 5.78 Å². The Balaban J connectivity index is 1.69. The van der Waals surface area contributed by atoms with E-state index >= 15 is 0 Å². The monoisotopic (exact) mass is 316 g/mol. The third-order valence-electron chi connectivity index (χ3n) is 10.0. The van der Waals surface area contributed by atoms with Crippen LogP contribution in [0.5, 0.6) is 0 Å². The molecular formula is C22H36O. The van der Waals surface area contributed by atoms with Gasteiger partial charge in [-0.15, -0.1) is 0 Å². The van der Waals surface area contributed by atoms with E-state index in [4.69, 9.17) is 0 Å². The van der Waals surface area contributed by atoms with Crippen molar-refractivity contribution < 1.29 is 4.79 Å². The summed E-state index contributed by atoms with van der Waals surface area (Å²) in [6, 6.07) is 0. The molecule has 4 rings (SSSR count). The number of Topliss-reactive ketones (excluding diaryl/α,β-unsaturated/α-hetero) is 1. The third-order valence-corrected chi connectivity index (χ3v) is 10.0. The second-order valence-corrected chi connectivity index (χ2v) is 10.3. The van der Waals surface area contributed by atoms with Crippen molar-refractivity contribution in [2.45, 2.75) is 91.9 Å². The van der Waals surface area contributed by atoms with Gasteiger partial charge in [0.15, 0.2) is 0 Å². The average molecular weight is 317 g/mol. The lowest BCUT2D eigenvalue weighted by Crippen LogP contribution is -2.59. The van der Waals surface area contributed by atoms with Gasteiger partial charge in [-0.25, -0.2) is 0 Å². The van der Waals surface area contributed by atoms with Gasteiger partial charge >= 0.3 is 0 Å². The van der Waals surface area contributed by atoms with E-state index in [1.165, 1.54) is 51.4 Å².